The molecule has 1 aromatic rings. The lowest BCUT2D eigenvalue weighted by Gasteiger charge is -2.15. The Morgan fingerprint density at radius 3 is 2.80 bits per heavy atom. The summed E-state index contributed by atoms with van der Waals surface area (Å²) in [4.78, 5) is 12.1. The molecule has 0 unspecified atom stereocenters. The molecule has 1 heterocycles. The summed E-state index contributed by atoms with van der Waals surface area (Å²) in [5.74, 6) is 0. The van der Waals surface area contributed by atoms with Crippen LogP contribution in [-0.4, -0.2) is 9.56 Å². The van der Waals surface area contributed by atoms with Gasteiger partial charge in [0.1, 0.15) is 0 Å². The van der Waals surface area contributed by atoms with Gasteiger partial charge in [0.25, 0.3) is 5.56 Å². The topological polar surface area (TPSA) is 48.0 Å². The van der Waals surface area contributed by atoms with Crippen molar-refractivity contribution in [2.45, 2.75) is 25.8 Å². The number of hydrogen-bond donors (Lipinski definition) is 1. The summed E-state index contributed by atoms with van der Waals surface area (Å²) in [7, 11) is 0. The normalized spacial score (nSPS) is 17.3. The summed E-state index contributed by atoms with van der Waals surface area (Å²) in [5, 5.41) is 0. The summed E-state index contributed by atoms with van der Waals surface area (Å²) in [6.45, 7) is 0.740. The maximum absolute atomic E-state index is 11.5. The molecular weight excluding hydrogens is 208 g/mol. The van der Waals surface area contributed by atoms with Crippen LogP contribution in [0.1, 0.15) is 19.3 Å². The van der Waals surface area contributed by atoms with E-state index in [0.29, 0.717) is 4.99 Å². The van der Waals surface area contributed by atoms with E-state index in [4.69, 9.17) is 18.0 Å². The van der Waals surface area contributed by atoms with E-state index in [1.165, 1.54) is 0 Å². The molecule has 0 aliphatic heterocycles. The van der Waals surface area contributed by atoms with Crippen molar-refractivity contribution in [1.29, 1.82) is 0 Å². The summed E-state index contributed by atoms with van der Waals surface area (Å²) >= 11 is 4.92. The molecule has 80 valence electrons. The van der Waals surface area contributed by atoms with Gasteiger partial charge in [-0.1, -0.05) is 18.3 Å². The summed E-state index contributed by atoms with van der Waals surface area (Å²) in [5.41, 5.74) is 5.77. The van der Waals surface area contributed by atoms with E-state index >= 15 is 0 Å². The molecule has 4 heteroatoms. The summed E-state index contributed by atoms with van der Waals surface area (Å²) in [6, 6.07) is 5.21. The highest BCUT2D eigenvalue weighted by atomic mass is 32.1. The highest BCUT2D eigenvalue weighted by Crippen LogP contribution is 2.49. The van der Waals surface area contributed by atoms with Crippen LogP contribution in [0.15, 0.2) is 29.2 Å². The third-order valence-corrected chi connectivity index (χ3v) is 3.06. The summed E-state index contributed by atoms with van der Waals surface area (Å²) < 4.78 is 1.74. The first-order chi connectivity index (χ1) is 7.11. The van der Waals surface area contributed by atoms with Gasteiger partial charge in [-0.05, 0) is 24.3 Å². The van der Waals surface area contributed by atoms with Gasteiger partial charge in [-0.3, -0.25) is 4.79 Å². The molecule has 1 fully saturated rings. The molecular formula is C11H14N2OS. The molecule has 0 saturated heterocycles. The van der Waals surface area contributed by atoms with Crippen molar-refractivity contribution in [2.24, 2.45) is 11.1 Å². The van der Waals surface area contributed by atoms with Crippen molar-refractivity contribution in [3.05, 3.63) is 34.7 Å². The number of rotatable bonds is 4. The van der Waals surface area contributed by atoms with E-state index in [-0.39, 0.29) is 11.0 Å². The summed E-state index contributed by atoms with van der Waals surface area (Å²) in [6.07, 6.45) is 4.81. The zero-order valence-electron chi connectivity index (χ0n) is 8.48. The lowest BCUT2D eigenvalue weighted by Crippen LogP contribution is -2.26. The maximum atomic E-state index is 11.5. The fourth-order valence-corrected chi connectivity index (χ4v) is 2.20. The highest BCUT2D eigenvalue weighted by Gasteiger charge is 2.43. The zero-order chi connectivity index (χ0) is 10.9. The number of aromatic nitrogens is 1. The Labute approximate surface area is 93.9 Å². The van der Waals surface area contributed by atoms with E-state index in [1.54, 1.807) is 16.7 Å². The quantitative estimate of drug-likeness (QED) is 0.781. The Balaban J connectivity index is 2.12. The predicted octanol–water partition coefficient (Wildman–Crippen LogP) is 1.30. The van der Waals surface area contributed by atoms with E-state index < -0.39 is 0 Å². The number of thiocarbonyl (C=S) groups is 1. The number of nitrogens with zero attached hydrogens (tertiary/aromatic N) is 1. The van der Waals surface area contributed by atoms with Crippen LogP contribution >= 0.6 is 12.2 Å². The monoisotopic (exact) mass is 222 g/mol. The molecule has 3 nitrogen and oxygen atoms in total. The second kappa shape index (κ2) is 3.77. The average molecular weight is 222 g/mol. The van der Waals surface area contributed by atoms with Gasteiger partial charge in [-0.15, -0.1) is 0 Å². The molecule has 1 aliphatic rings. The molecule has 15 heavy (non-hydrogen) atoms. The van der Waals surface area contributed by atoms with Crippen molar-refractivity contribution < 1.29 is 0 Å². The molecule has 2 rings (SSSR count). The SMILES string of the molecule is NC(=S)CC1(Cn2ccccc2=O)CC1. The van der Waals surface area contributed by atoms with Crippen LogP contribution in [0.2, 0.25) is 0 Å². The number of nitrogens with two attached hydrogens (primary N) is 1. The first kappa shape index (κ1) is 10.4. The fourth-order valence-electron chi connectivity index (χ4n) is 1.89. The lowest BCUT2D eigenvalue weighted by atomic mass is 10.0. The van der Waals surface area contributed by atoms with Crippen LogP contribution in [0.25, 0.3) is 0 Å². The van der Waals surface area contributed by atoms with Crippen LogP contribution < -0.4 is 11.3 Å². The van der Waals surface area contributed by atoms with E-state index in [0.717, 1.165) is 25.8 Å². The maximum Gasteiger partial charge on any atom is 0.250 e. The second-order valence-corrected chi connectivity index (χ2v) is 4.83. The third-order valence-electron chi connectivity index (χ3n) is 2.91. The van der Waals surface area contributed by atoms with E-state index in [9.17, 15) is 4.79 Å². The van der Waals surface area contributed by atoms with Gasteiger partial charge in [-0.25, -0.2) is 0 Å². The number of hydrogen-bond acceptors (Lipinski definition) is 2. The highest BCUT2D eigenvalue weighted by molar-refractivity contribution is 7.80. The molecule has 1 aromatic heterocycles. The molecule has 1 aliphatic carbocycles. The van der Waals surface area contributed by atoms with Crippen LogP contribution in [-0.2, 0) is 6.54 Å². The lowest BCUT2D eigenvalue weighted by molar-refractivity contribution is 0.430. The minimum absolute atomic E-state index is 0.0479. The predicted molar refractivity (Wildman–Crippen MR) is 63.8 cm³/mol. The Morgan fingerprint density at radius 1 is 1.53 bits per heavy atom. The van der Waals surface area contributed by atoms with Gasteiger partial charge >= 0.3 is 0 Å². The van der Waals surface area contributed by atoms with Gasteiger partial charge < -0.3 is 10.3 Å². The van der Waals surface area contributed by atoms with Crippen molar-refractivity contribution in [3.8, 4) is 0 Å². The molecule has 0 amide bonds. The minimum Gasteiger partial charge on any atom is -0.393 e. The van der Waals surface area contributed by atoms with Crippen molar-refractivity contribution in [2.75, 3.05) is 0 Å². The Morgan fingerprint density at radius 2 is 2.27 bits per heavy atom. The molecule has 0 spiro atoms. The Kier molecular flexibility index (Phi) is 2.61. The largest absolute Gasteiger partial charge is 0.393 e. The first-order valence-corrected chi connectivity index (χ1v) is 5.46. The Hall–Kier alpha value is -1.16. The van der Waals surface area contributed by atoms with Crippen LogP contribution in [0.4, 0.5) is 0 Å². The Bertz CT molecular complexity index is 434. The van der Waals surface area contributed by atoms with Gasteiger partial charge in [0, 0.05) is 25.2 Å². The van der Waals surface area contributed by atoms with Crippen LogP contribution in [0.3, 0.4) is 0 Å². The van der Waals surface area contributed by atoms with Gasteiger partial charge in [0.05, 0.1) is 4.99 Å². The fraction of sp³-hybridized carbons (Fsp3) is 0.455. The second-order valence-electron chi connectivity index (χ2n) is 4.31. The molecule has 0 atom stereocenters. The van der Waals surface area contributed by atoms with Crippen LogP contribution in [0, 0.1) is 5.41 Å². The van der Waals surface area contributed by atoms with Crippen molar-refractivity contribution >= 4 is 17.2 Å². The van der Waals surface area contributed by atoms with E-state index in [2.05, 4.69) is 0 Å². The molecule has 0 bridgehead atoms. The van der Waals surface area contributed by atoms with Crippen molar-refractivity contribution in [3.63, 3.8) is 0 Å². The van der Waals surface area contributed by atoms with Gasteiger partial charge in [0.15, 0.2) is 0 Å². The average Bonchev–Trinajstić information content (AvgIpc) is 2.88. The molecule has 1 saturated carbocycles. The van der Waals surface area contributed by atoms with Crippen LogP contribution in [0.5, 0.6) is 0 Å². The van der Waals surface area contributed by atoms with Gasteiger partial charge in [0.2, 0.25) is 0 Å². The van der Waals surface area contributed by atoms with Crippen molar-refractivity contribution in [1.82, 2.24) is 4.57 Å². The smallest absolute Gasteiger partial charge is 0.250 e. The van der Waals surface area contributed by atoms with Gasteiger partial charge in [-0.2, -0.15) is 0 Å². The molecule has 0 aromatic carbocycles. The number of pyridine rings is 1. The standard InChI is InChI=1S/C11H14N2OS/c12-9(15)7-11(4-5-11)8-13-6-2-1-3-10(13)14/h1-3,6H,4-5,7-8H2,(H2,12,15). The van der Waals surface area contributed by atoms with E-state index in [1.807, 2.05) is 12.3 Å². The first-order valence-electron chi connectivity index (χ1n) is 5.05. The molecule has 0 radical (unpaired) electrons. The minimum atomic E-state index is 0.0479. The molecule has 2 N–H and O–H groups in total. The zero-order valence-corrected chi connectivity index (χ0v) is 9.30. The third kappa shape index (κ3) is 2.45.